The Balaban J connectivity index is 1.64. The highest BCUT2D eigenvalue weighted by Crippen LogP contribution is 2.37. The monoisotopic (exact) mass is 496 g/mol. The van der Waals surface area contributed by atoms with E-state index in [1.165, 1.54) is 35.7 Å². The zero-order valence-electron chi connectivity index (χ0n) is 18.5. The molecule has 0 saturated carbocycles. The highest BCUT2D eigenvalue weighted by Gasteiger charge is 2.29. The Kier molecular flexibility index (Phi) is 8.34. The van der Waals surface area contributed by atoms with Gasteiger partial charge in [-0.25, -0.2) is 12.8 Å². The number of sulfonamides is 1. The van der Waals surface area contributed by atoms with Crippen molar-refractivity contribution < 1.29 is 27.1 Å². The summed E-state index contributed by atoms with van der Waals surface area (Å²) in [6.07, 6.45) is 3.86. The van der Waals surface area contributed by atoms with Crippen molar-refractivity contribution >= 4 is 33.6 Å². The molecule has 0 unspecified atom stereocenters. The molecule has 1 aliphatic heterocycles. The van der Waals surface area contributed by atoms with Gasteiger partial charge in [-0.3, -0.25) is 4.79 Å². The Labute approximate surface area is 198 Å². The standard InChI is InChI=1S/C23H26ClFN2O5S/c1-3-13-32-23-20(24)14-17(15-21(23)31-2)7-8-22(28)26-9-11-27(12-10-26)33(29,30)19-6-4-5-18(25)16-19/h4-8,14-16H,3,9-13H2,1-2H3/b8-7+. The molecule has 3 rings (SSSR count). The quantitative estimate of drug-likeness (QED) is 0.519. The first-order chi connectivity index (χ1) is 15.8. The van der Waals surface area contributed by atoms with Crippen LogP contribution in [0.25, 0.3) is 6.08 Å². The summed E-state index contributed by atoms with van der Waals surface area (Å²) in [5.74, 6) is 0.0651. The van der Waals surface area contributed by atoms with Crippen LogP contribution in [0.2, 0.25) is 5.02 Å². The third kappa shape index (κ3) is 6.04. The van der Waals surface area contributed by atoms with Crippen LogP contribution in [0, 0.1) is 5.82 Å². The highest BCUT2D eigenvalue weighted by molar-refractivity contribution is 7.89. The van der Waals surface area contributed by atoms with Gasteiger partial charge in [0.25, 0.3) is 0 Å². The predicted octanol–water partition coefficient (Wildman–Crippen LogP) is 3.82. The molecule has 0 bridgehead atoms. The summed E-state index contributed by atoms with van der Waals surface area (Å²) in [4.78, 5) is 14.1. The van der Waals surface area contributed by atoms with Gasteiger partial charge < -0.3 is 14.4 Å². The number of rotatable bonds is 8. The number of amides is 1. The van der Waals surface area contributed by atoms with Crippen LogP contribution in [0.3, 0.4) is 0 Å². The van der Waals surface area contributed by atoms with Gasteiger partial charge in [0.2, 0.25) is 15.9 Å². The molecule has 7 nitrogen and oxygen atoms in total. The molecule has 1 saturated heterocycles. The molecular formula is C23H26ClFN2O5S. The van der Waals surface area contributed by atoms with Crippen molar-refractivity contribution in [2.24, 2.45) is 0 Å². The van der Waals surface area contributed by atoms with Crippen molar-refractivity contribution in [2.75, 3.05) is 39.9 Å². The second-order valence-corrected chi connectivity index (χ2v) is 9.75. The molecule has 0 aliphatic carbocycles. The lowest BCUT2D eigenvalue weighted by molar-refractivity contribution is -0.127. The number of ether oxygens (including phenoxy) is 2. The number of methoxy groups -OCH3 is 1. The first-order valence-electron chi connectivity index (χ1n) is 10.5. The lowest BCUT2D eigenvalue weighted by atomic mass is 10.1. The number of carbonyl (C=O) groups excluding carboxylic acids is 1. The van der Waals surface area contributed by atoms with Crippen molar-refractivity contribution in [3.63, 3.8) is 0 Å². The van der Waals surface area contributed by atoms with Gasteiger partial charge in [0, 0.05) is 32.3 Å². The molecule has 33 heavy (non-hydrogen) atoms. The van der Waals surface area contributed by atoms with Crippen LogP contribution in [-0.2, 0) is 14.8 Å². The summed E-state index contributed by atoms with van der Waals surface area (Å²) in [7, 11) is -2.30. The minimum Gasteiger partial charge on any atom is -0.493 e. The van der Waals surface area contributed by atoms with Gasteiger partial charge in [-0.05, 0) is 48.4 Å². The van der Waals surface area contributed by atoms with E-state index in [1.807, 2.05) is 6.92 Å². The van der Waals surface area contributed by atoms with Gasteiger partial charge in [0.15, 0.2) is 11.5 Å². The van der Waals surface area contributed by atoms with Crippen LogP contribution in [0.4, 0.5) is 4.39 Å². The number of benzene rings is 2. The van der Waals surface area contributed by atoms with Crippen LogP contribution in [-0.4, -0.2) is 63.4 Å². The SMILES string of the molecule is CCCOc1c(Cl)cc(/C=C/C(=O)N2CCN(S(=O)(=O)c3cccc(F)c3)CC2)cc1OC. The summed E-state index contributed by atoms with van der Waals surface area (Å²) in [6, 6.07) is 8.31. The molecule has 2 aromatic rings. The molecule has 1 aliphatic rings. The van der Waals surface area contributed by atoms with E-state index in [-0.39, 0.29) is 37.0 Å². The number of nitrogens with zero attached hydrogens (tertiary/aromatic N) is 2. The molecule has 0 radical (unpaired) electrons. The fourth-order valence-corrected chi connectivity index (χ4v) is 5.11. The van der Waals surface area contributed by atoms with Crippen molar-refractivity contribution in [3.8, 4) is 11.5 Å². The average molecular weight is 497 g/mol. The first kappa shape index (κ1) is 25.0. The van der Waals surface area contributed by atoms with Gasteiger partial charge in [0.1, 0.15) is 5.82 Å². The second kappa shape index (κ2) is 11.0. The molecular weight excluding hydrogens is 471 g/mol. The second-order valence-electron chi connectivity index (χ2n) is 7.40. The number of halogens is 2. The van der Waals surface area contributed by atoms with Crippen molar-refractivity contribution in [3.05, 3.63) is 58.9 Å². The van der Waals surface area contributed by atoms with Crippen LogP contribution >= 0.6 is 11.6 Å². The Morgan fingerprint density at radius 1 is 1.18 bits per heavy atom. The van der Waals surface area contributed by atoms with E-state index in [0.717, 1.165) is 12.5 Å². The molecule has 178 valence electrons. The molecule has 0 aromatic heterocycles. The molecule has 0 atom stereocenters. The third-order valence-electron chi connectivity index (χ3n) is 5.10. The first-order valence-corrected chi connectivity index (χ1v) is 12.3. The Morgan fingerprint density at radius 2 is 1.91 bits per heavy atom. The Morgan fingerprint density at radius 3 is 2.55 bits per heavy atom. The minimum absolute atomic E-state index is 0.0978. The molecule has 1 amide bonds. The van der Waals surface area contributed by atoms with Crippen molar-refractivity contribution in [1.82, 2.24) is 9.21 Å². The minimum atomic E-state index is -3.82. The van der Waals surface area contributed by atoms with Gasteiger partial charge in [0.05, 0.1) is 23.6 Å². The predicted molar refractivity (Wildman–Crippen MR) is 125 cm³/mol. The number of piperazine rings is 1. The van der Waals surface area contributed by atoms with Crippen molar-refractivity contribution in [1.29, 1.82) is 0 Å². The summed E-state index contributed by atoms with van der Waals surface area (Å²) in [6.45, 7) is 3.20. The van der Waals surface area contributed by atoms with Gasteiger partial charge in [-0.2, -0.15) is 4.31 Å². The third-order valence-corrected chi connectivity index (χ3v) is 7.28. The Bertz CT molecular complexity index is 1130. The molecule has 10 heteroatoms. The molecule has 0 spiro atoms. The maximum atomic E-state index is 13.4. The largest absolute Gasteiger partial charge is 0.493 e. The van der Waals surface area contributed by atoms with E-state index in [9.17, 15) is 17.6 Å². The van der Waals surface area contributed by atoms with Crippen molar-refractivity contribution in [2.45, 2.75) is 18.2 Å². The fraction of sp³-hybridized carbons (Fsp3) is 0.348. The van der Waals surface area contributed by atoms with E-state index in [4.69, 9.17) is 21.1 Å². The van der Waals surface area contributed by atoms with Gasteiger partial charge in [-0.15, -0.1) is 0 Å². The summed E-state index contributed by atoms with van der Waals surface area (Å²) >= 11 is 6.31. The Hall–Kier alpha value is -2.62. The number of hydrogen-bond donors (Lipinski definition) is 0. The zero-order chi connectivity index (χ0) is 24.0. The van der Waals surface area contributed by atoms with Crippen LogP contribution in [0.15, 0.2) is 47.4 Å². The highest BCUT2D eigenvalue weighted by atomic mass is 35.5. The van der Waals surface area contributed by atoms with E-state index >= 15 is 0 Å². The summed E-state index contributed by atoms with van der Waals surface area (Å²) in [5.41, 5.74) is 0.668. The summed E-state index contributed by atoms with van der Waals surface area (Å²) < 4.78 is 51.1. The maximum Gasteiger partial charge on any atom is 0.246 e. The molecule has 1 fully saturated rings. The molecule has 1 heterocycles. The average Bonchev–Trinajstić information content (AvgIpc) is 2.81. The number of hydrogen-bond acceptors (Lipinski definition) is 5. The lowest BCUT2D eigenvalue weighted by Gasteiger charge is -2.33. The smallest absolute Gasteiger partial charge is 0.246 e. The van der Waals surface area contributed by atoms with E-state index in [2.05, 4.69) is 0 Å². The van der Waals surface area contributed by atoms with E-state index < -0.39 is 15.8 Å². The number of carbonyl (C=O) groups is 1. The maximum absolute atomic E-state index is 13.4. The zero-order valence-corrected chi connectivity index (χ0v) is 20.0. The normalized spacial score (nSPS) is 15.1. The van der Waals surface area contributed by atoms with Gasteiger partial charge >= 0.3 is 0 Å². The summed E-state index contributed by atoms with van der Waals surface area (Å²) in [5, 5.41) is 0.381. The molecule has 0 N–H and O–H groups in total. The van der Waals surface area contributed by atoms with Crippen LogP contribution < -0.4 is 9.47 Å². The van der Waals surface area contributed by atoms with Gasteiger partial charge in [-0.1, -0.05) is 24.6 Å². The van der Waals surface area contributed by atoms with Crippen LogP contribution in [0.1, 0.15) is 18.9 Å². The van der Waals surface area contributed by atoms with Crippen LogP contribution in [0.5, 0.6) is 11.5 Å². The molecule has 2 aromatic carbocycles. The van der Waals surface area contributed by atoms with E-state index in [1.54, 1.807) is 23.1 Å². The fourth-order valence-electron chi connectivity index (χ4n) is 3.38. The lowest BCUT2D eigenvalue weighted by Crippen LogP contribution is -2.50. The van der Waals surface area contributed by atoms with E-state index in [0.29, 0.717) is 28.7 Å². The topological polar surface area (TPSA) is 76.2 Å².